The standard InChI is InChI=1S/C15H20F2N2/c16-13-5-4-12(10-14(13)17)15(11-2-1-3-11)19-8-6-18-7-9-19/h4-5,10-11,15,18H,1-3,6-9H2. The van der Waals surface area contributed by atoms with Crippen molar-refractivity contribution in [1.29, 1.82) is 0 Å². The van der Waals surface area contributed by atoms with Crippen LogP contribution in [0.4, 0.5) is 8.78 Å². The van der Waals surface area contributed by atoms with Crippen molar-refractivity contribution in [3.63, 3.8) is 0 Å². The van der Waals surface area contributed by atoms with Crippen LogP contribution in [0.15, 0.2) is 18.2 Å². The molecule has 1 atom stereocenters. The number of piperazine rings is 1. The van der Waals surface area contributed by atoms with Crippen molar-refractivity contribution in [3.8, 4) is 0 Å². The quantitative estimate of drug-likeness (QED) is 0.905. The van der Waals surface area contributed by atoms with E-state index >= 15 is 0 Å². The van der Waals surface area contributed by atoms with E-state index in [1.54, 1.807) is 6.07 Å². The average Bonchev–Trinajstić information content (AvgIpc) is 2.38. The summed E-state index contributed by atoms with van der Waals surface area (Å²) in [6.07, 6.45) is 3.66. The van der Waals surface area contributed by atoms with Gasteiger partial charge in [-0.25, -0.2) is 8.78 Å². The summed E-state index contributed by atoms with van der Waals surface area (Å²) in [5.41, 5.74) is 0.936. The molecule has 1 N–H and O–H groups in total. The van der Waals surface area contributed by atoms with E-state index < -0.39 is 11.6 Å². The van der Waals surface area contributed by atoms with E-state index in [1.165, 1.54) is 31.4 Å². The molecule has 104 valence electrons. The molecule has 0 amide bonds. The van der Waals surface area contributed by atoms with Crippen molar-refractivity contribution in [2.24, 2.45) is 5.92 Å². The summed E-state index contributed by atoms with van der Waals surface area (Å²) in [6, 6.07) is 4.66. The molecule has 0 spiro atoms. The zero-order valence-electron chi connectivity index (χ0n) is 11.0. The molecule has 1 aliphatic carbocycles. The van der Waals surface area contributed by atoms with Crippen LogP contribution in [-0.2, 0) is 0 Å². The normalized spacial score (nSPS) is 23.1. The van der Waals surface area contributed by atoms with Gasteiger partial charge in [0.25, 0.3) is 0 Å². The maximum Gasteiger partial charge on any atom is 0.159 e. The fraction of sp³-hybridized carbons (Fsp3) is 0.600. The molecule has 2 fully saturated rings. The van der Waals surface area contributed by atoms with Gasteiger partial charge < -0.3 is 5.32 Å². The number of halogens is 2. The van der Waals surface area contributed by atoms with Gasteiger partial charge in [-0.05, 0) is 36.5 Å². The predicted octanol–water partition coefficient (Wildman–Crippen LogP) is 2.71. The molecule has 1 saturated heterocycles. The first-order chi connectivity index (χ1) is 9.25. The molecule has 2 nitrogen and oxygen atoms in total. The fourth-order valence-electron chi connectivity index (χ4n) is 3.19. The van der Waals surface area contributed by atoms with E-state index in [0.29, 0.717) is 5.92 Å². The van der Waals surface area contributed by atoms with E-state index in [1.807, 2.05) is 0 Å². The third-order valence-corrected chi connectivity index (χ3v) is 4.43. The monoisotopic (exact) mass is 266 g/mol. The Morgan fingerprint density at radius 2 is 1.84 bits per heavy atom. The van der Waals surface area contributed by atoms with E-state index in [4.69, 9.17) is 0 Å². The first kappa shape index (κ1) is 13.0. The highest BCUT2D eigenvalue weighted by atomic mass is 19.2. The Bertz CT molecular complexity index is 440. The lowest BCUT2D eigenvalue weighted by atomic mass is 9.76. The molecule has 1 saturated carbocycles. The summed E-state index contributed by atoms with van der Waals surface area (Å²) in [4.78, 5) is 2.42. The topological polar surface area (TPSA) is 15.3 Å². The van der Waals surface area contributed by atoms with Gasteiger partial charge in [-0.3, -0.25) is 4.90 Å². The van der Waals surface area contributed by atoms with Gasteiger partial charge in [-0.15, -0.1) is 0 Å². The van der Waals surface area contributed by atoms with Crippen LogP contribution < -0.4 is 5.32 Å². The zero-order valence-corrected chi connectivity index (χ0v) is 11.0. The summed E-state index contributed by atoms with van der Waals surface area (Å²) in [7, 11) is 0. The Morgan fingerprint density at radius 1 is 1.11 bits per heavy atom. The molecular weight excluding hydrogens is 246 g/mol. The summed E-state index contributed by atoms with van der Waals surface area (Å²) < 4.78 is 26.6. The van der Waals surface area contributed by atoms with E-state index in [9.17, 15) is 8.78 Å². The molecular formula is C15H20F2N2. The second kappa shape index (κ2) is 5.55. The molecule has 1 aromatic carbocycles. The lowest BCUT2D eigenvalue weighted by Gasteiger charge is -2.43. The van der Waals surface area contributed by atoms with E-state index in [2.05, 4.69) is 10.2 Å². The number of hydrogen-bond acceptors (Lipinski definition) is 2. The summed E-state index contributed by atoms with van der Waals surface area (Å²) in [5.74, 6) is -0.878. The maximum absolute atomic E-state index is 13.5. The van der Waals surface area contributed by atoms with E-state index in [0.717, 1.165) is 31.7 Å². The van der Waals surface area contributed by atoms with E-state index in [-0.39, 0.29) is 6.04 Å². The number of nitrogens with zero attached hydrogens (tertiary/aromatic N) is 1. The van der Waals surface area contributed by atoms with Gasteiger partial charge in [0.05, 0.1) is 0 Å². The first-order valence-corrected chi connectivity index (χ1v) is 7.15. The minimum Gasteiger partial charge on any atom is -0.314 e. The molecule has 3 rings (SSSR count). The number of benzene rings is 1. The average molecular weight is 266 g/mol. The van der Waals surface area contributed by atoms with Gasteiger partial charge >= 0.3 is 0 Å². The smallest absolute Gasteiger partial charge is 0.159 e. The second-order valence-corrected chi connectivity index (χ2v) is 5.60. The molecule has 4 heteroatoms. The van der Waals surface area contributed by atoms with Crippen molar-refractivity contribution in [1.82, 2.24) is 10.2 Å². The Morgan fingerprint density at radius 3 is 2.42 bits per heavy atom. The Hall–Kier alpha value is -1.00. The highest BCUT2D eigenvalue weighted by molar-refractivity contribution is 5.23. The molecule has 0 aromatic heterocycles. The van der Waals surface area contributed by atoms with Crippen molar-refractivity contribution >= 4 is 0 Å². The van der Waals surface area contributed by atoms with Gasteiger partial charge in [-0.1, -0.05) is 12.5 Å². The molecule has 0 bridgehead atoms. The Balaban J connectivity index is 1.86. The fourth-order valence-corrected chi connectivity index (χ4v) is 3.19. The Labute approximate surface area is 112 Å². The summed E-state index contributed by atoms with van der Waals surface area (Å²) in [6.45, 7) is 3.93. The van der Waals surface area contributed by atoms with Crippen molar-refractivity contribution < 1.29 is 8.78 Å². The first-order valence-electron chi connectivity index (χ1n) is 7.15. The Kier molecular flexibility index (Phi) is 3.80. The molecule has 1 aromatic rings. The van der Waals surface area contributed by atoms with Crippen LogP contribution in [-0.4, -0.2) is 31.1 Å². The van der Waals surface area contributed by atoms with Gasteiger partial charge in [-0.2, -0.15) is 0 Å². The van der Waals surface area contributed by atoms with Crippen molar-refractivity contribution in [2.45, 2.75) is 25.3 Å². The molecule has 2 aliphatic rings. The van der Waals surface area contributed by atoms with Crippen molar-refractivity contribution in [2.75, 3.05) is 26.2 Å². The van der Waals surface area contributed by atoms with Gasteiger partial charge in [0.1, 0.15) is 0 Å². The maximum atomic E-state index is 13.5. The summed E-state index contributed by atoms with van der Waals surface area (Å²) in [5, 5.41) is 3.34. The SMILES string of the molecule is Fc1ccc(C(C2CCC2)N2CCNCC2)cc1F. The third-order valence-electron chi connectivity index (χ3n) is 4.43. The van der Waals surface area contributed by atoms with Crippen molar-refractivity contribution in [3.05, 3.63) is 35.4 Å². The van der Waals surface area contributed by atoms with Crippen LogP contribution >= 0.6 is 0 Å². The van der Waals surface area contributed by atoms with Crippen LogP contribution in [0.3, 0.4) is 0 Å². The molecule has 1 heterocycles. The number of rotatable bonds is 3. The zero-order chi connectivity index (χ0) is 13.2. The van der Waals surface area contributed by atoms with Gasteiger partial charge in [0, 0.05) is 32.2 Å². The minimum absolute atomic E-state index is 0.256. The number of nitrogens with one attached hydrogen (secondary N) is 1. The predicted molar refractivity (Wildman–Crippen MR) is 70.9 cm³/mol. The van der Waals surface area contributed by atoms with Gasteiger partial charge in [0.2, 0.25) is 0 Å². The molecule has 0 radical (unpaired) electrons. The lowest BCUT2D eigenvalue weighted by Crippen LogP contribution is -2.47. The lowest BCUT2D eigenvalue weighted by molar-refractivity contribution is 0.0834. The van der Waals surface area contributed by atoms with Crippen LogP contribution in [0.2, 0.25) is 0 Å². The molecule has 19 heavy (non-hydrogen) atoms. The second-order valence-electron chi connectivity index (χ2n) is 5.60. The highest BCUT2D eigenvalue weighted by Crippen LogP contribution is 2.41. The highest BCUT2D eigenvalue weighted by Gasteiger charge is 2.33. The third kappa shape index (κ3) is 2.65. The van der Waals surface area contributed by atoms with Crippen LogP contribution in [0.1, 0.15) is 30.9 Å². The number of hydrogen-bond donors (Lipinski definition) is 1. The summed E-state index contributed by atoms with van der Waals surface area (Å²) >= 11 is 0. The molecule has 1 unspecified atom stereocenters. The van der Waals surface area contributed by atoms with Gasteiger partial charge in [0.15, 0.2) is 11.6 Å². The molecule has 1 aliphatic heterocycles. The van der Waals surface area contributed by atoms with Crippen LogP contribution in [0, 0.1) is 17.6 Å². The van der Waals surface area contributed by atoms with Crippen LogP contribution in [0.25, 0.3) is 0 Å². The minimum atomic E-state index is -0.753. The largest absolute Gasteiger partial charge is 0.314 e. The van der Waals surface area contributed by atoms with Crippen LogP contribution in [0.5, 0.6) is 0 Å².